The molecule has 0 atom stereocenters. The van der Waals surface area contributed by atoms with Gasteiger partial charge in [0.2, 0.25) is 0 Å². The summed E-state index contributed by atoms with van der Waals surface area (Å²) in [6.45, 7) is 3.80. The van der Waals surface area contributed by atoms with Crippen LogP contribution in [-0.4, -0.2) is 38.5 Å². The predicted octanol–water partition coefficient (Wildman–Crippen LogP) is 3.93. The number of pyridine rings is 1. The molecule has 32 heavy (non-hydrogen) atoms. The van der Waals surface area contributed by atoms with Crippen LogP contribution in [0.4, 0.5) is 5.69 Å². The molecule has 2 N–H and O–H groups in total. The predicted molar refractivity (Wildman–Crippen MR) is 121 cm³/mol. The van der Waals surface area contributed by atoms with E-state index in [0.29, 0.717) is 54.8 Å². The third-order valence-electron chi connectivity index (χ3n) is 6.51. The molecular weight excluding hydrogens is 406 g/mol. The highest BCUT2D eigenvalue weighted by Crippen LogP contribution is 2.41. The lowest BCUT2D eigenvalue weighted by molar-refractivity contribution is -0.0236. The van der Waals surface area contributed by atoms with Crippen LogP contribution >= 0.6 is 0 Å². The Morgan fingerprint density at radius 1 is 1.31 bits per heavy atom. The number of ether oxygens (including phenoxy) is 1. The zero-order valence-electron chi connectivity index (χ0n) is 18.6. The van der Waals surface area contributed by atoms with Crippen LogP contribution in [-0.2, 0) is 5.54 Å². The van der Waals surface area contributed by atoms with Gasteiger partial charge in [-0.15, -0.1) is 0 Å². The number of nitrogens with one attached hydrogen (secondary N) is 1. The molecule has 1 aliphatic rings. The molecule has 1 fully saturated rings. The number of aromatic nitrogens is 3. The van der Waals surface area contributed by atoms with Crippen LogP contribution in [0.25, 0.3) is 10.9 Å². The van der Waals surface area contributed by atoms with E-state index in [1.165, 1.54) is 7.11 Å². The van der Waals surface area contributed by atoms with Gasteiger partial charge in [-0.05, 0) is 57.2 Å². The molecule has 8 heteroatoms. The minimum Gasteiger partial charge on any atom is -0.494 e. The van der Waals surface area contributed by atoms with Crippen molar-refractivity contribution >= 4 is 22.5 Å². The number of methoxy groups -OCH3 is 1. The highest BCUT2D eigenvalue weighted by molar-refractivity contribution is 6.05. The Morgan fingerprint density at radius 3 is 2.69 bits per heavy atom. The van der Waals surface area contributed by atoms with Crippen molar-refractivity contribution in [1.82, 2.24) is 14.8 Å². The molecule has 0 saturated heterocycles. The van der Waals surface area contributed by atoms with E-state index in [9.17, 15) is 15.2 Å². The van der Waals surface area contributed by atoms with Gasteiger partial charge in [-0.1, -0.05) is 13.0 Å². The summed E-state index contributed by atoms with van der Waals surface area (Å²) in [5.74, 6) is 0.136. The Kier molecular flexibility index (Phi) is 5.61. The number of hydrogen-bond acceptors (Lipinski definition) is 6. The van der Waals surface area contributed by atoms with Crippen molar-refractivity contribution in [3.8, 4) is 11.8 Å². The van der Waals surface area contributed by atoms with Crippen molar-refractivity contribution in [2.75, 3.05) is 12.4 Å². The lowest BCUT2D eigenvalue weighted by atomic mass is 9.73. The molecule has 0 spiro atoms. The van der Waals surface area contributed by atoms with E-state index in [1.54, 1.807) is 28.9 Å². The van der Waals surface area contributed by atoms with Gasteiger partial charge in [-0.25, -0.2) is 4.98 Å². The number of carbonyl (C=O) groups is 1. The van der Waals surface area contributed by atoms with E-state index < -0.39 is 11.1 Å². The molecule has 1 amide bonds. The van der Waals surface area contributed by atoms with Gasteiger partial charge in [0.05, 0.1) is 30.0 Å². The van der Waals surface area contributed by atoms with Crippen molar-refractivity contribution in [1.29, 1.82) is 5.26 Å². The first-order valence-electron chi connectivity index (χ1n) is 10.8. The molecule has 3 aromatic rings. The zero-order chi connectivity index (χ0) is 22.9. The summed E-state index contributed by atoms with van der Waals surface area (Å²) < 4.78 is 7.19. The van der Waals surface area contributed by atoms with Crippen LogP contribution in [0, 0.1) is 18.3 Å². The second kappa shape index (κ2) is 8.24. The van der Waals surface area contributed by atoms with Crippen LogP contribution in [0.15, 0.2) is 36.5 Å². The topological polar surface area (TPSA) is 113 Å². The zero-order valence-corrected chi connectivity index (χ0v) is 18.6. The Morgan fingerprint density at radius 2 is 2.06 bits per heavy atom. The number of amides is 1. The number of carbonyl (C=O) groups excluding carboxylic acids is 1. The van der Waals surface area contributed by atoms with Gasteiger partial charge in [0.15, 0.2) is 0 Å². The van der Waals surface area contributed by atoms with E-state index in [0.717, 1.165) is 11.1 Å². The largest absolute Gasteiger partial charge is 0.494 e. The van der Waals surface area contributed by atoms with Crippen molar-refractivity contribution in [3.05, 3.63) is 47.9 Å². The average Bonchev–Trinajstić information content (AvgIpc) is 3.22. The summed E-state index contributed by atoms with van der Waals surface area (Å²) in [5, 5.41) is 28.9. The lowest BCUT2D eigenvalue weighted by Gasteiger charge is -2.39. The molecule has 166 valence electrons. The third kappa shape index (κ3) is 3.92. The van der Waals surface area contributed by atoms with Gasteiger partial charge in [-0.3, -0.25) is 9.48 Å². The Balaban J connectivity index is 1.66. The van der Waals surface area contributed by atoms with Crippen LogP contribution < -0.4 is 10.1 Å². The van der Waals surface area contributed by atoms with Crippen molar-refractivity contribution in [2.45, 2.75) is 57.1 Å². The fourth-order valence-electron chi connectivity index (χ4n) is 4.27. The average molecular weight is 434 g/mol. The van der Waals surface area contributed by atoms with Gasteiger partial charge < -0.3 is 15.2 Å². The van der Waals surface area contributed by atoms with Gasteiger partial charge in [0, 0.05) is 23.3 Å². The molecular formula is C24H27N5O3. The number of hydrogen-bond donors (Lipinski definition) is 2. The molecule has 0 bridgehead atoms. The molecule has 1 aliphatic carbocycles. The number of benzene rings is 1. The summed E-state index contributed by atoms with van der Waals surface area (Å²) in [7, 11) is 1.53. The molecule has 8 nitrogen and oxygen atoms in total. The van der Waals surface area contributed by atoms with Gasteiger partial charge in [0.1, 0.15) is 17.0 Å². The smallest absolute Gasteiger partial charge is 0.274 e. The van der Waals surface area contributed by atoms with Crippen molar-refractivity contribution in [2.24, 2.45) is 0 Å². The number of aryl methyl sites for hydroxylation is 1. The highest BCUT2D eigenvalue weighted by atomic mass is 16.5. The van der Waals surface area contributed by atoms with E-state index >= 15 is 0 Å². The minimum atomic E-state index is -0.803. The molecule has 0 aliphatic heterocycles. The number of aliphatic hydroxyl groups is 1. The van der Waals surface area contributed by atoms with E-state index in [-0.39, 0.29) is 5.91 Å². The van der Waals surface area contributed by atoms with Gasteiger partial charge in [-0.2, -0.15) is 10.4 Å². The molecule has 4 rings (SSSR count). The quantitative estimate of drug-likeness (QED) is 0.630. The number of anilines is 1. The maximum Gasteiger partial charge on any atom is 0.274 e. The molecule has 0 unspecified atom stereocenters. The second-order valence-electron chi connectivity index (χ2n) is 8.52. The number of rotatable bonds is 5. The summed E-state index contributed by atoms with van der Waals surface area (Å²) in [4.78, 5) is 17.0. The summed E-state index contributed by atoms with van der Waals surface area (Å²) in [6.07, 6.45) is 4.67. The lowest BCUT2D eigenvalue weighted by Crippen LogP contribution is -2.43. The second-order valence-corrected chi connectivity index (χ2v) is 8.52. The SMILES string of the molecule is CCC1(O)CCC(C#N)(n2cc3cc(NC(=O)c4cccc(C)n4)c(OC)cc3n2)CC1. The number of nitrogens with zero attached hydrogens (tertiary/aromatic N) is 4. The highest BCUT2D eigenvalue weighted by Gasteiger charge is 2.43. The maximum atomic E-state index is 12.7. The monoisotopic (exact) mass is 433 g/mol. The van der Waals surface area contributed by atoms with Crippen molar-refractivity contribution in [3.63, 3.8) is 0 Å². The normalized spacial score (nSPS) is 23.0. The number of fused-ring (bicyclic) bond motifs is 1. The van der Waals surface area contributed by atoms with Crippen LogP contribution in [0.2, 0.25) is 0 Å². The first-order chi connectivity index (χ1) is 15.3. The van der Waals surface area contributed by atoms with E-state index in [2.05, 4.69) is 21.5 Å². The standard InChI is InChI=1S/C24H27N5O3/c1-4-24(31)10-8-23(15-25,9-11-24)29-14-17-12-20(21(32-3)13-19(17)28-29)27-22(30)18-7-5-6-16(2)26-18/h5-7,12-14,31H,4,8-11H2,1-3H3,(H,27,30). The molecule has 2 aromatic heterocycles. The summed E-state index contributed by atoms with van der Waals surface area (Å²) in [6, 6.07) is 11.3. The molecule has 1 saturated carbocycles. The minimum absolute atomic E-state index is 0.317. The molecule has 1 aromatic carbocycles. The first-order valence-corrected chi connectivity index (χ1v) is 10.8. The molecule has 2 heterocycles. The van der Waals surface area contributed by atoms with Crippen molar-refractivity contribution < 1.29 is 14.6 Å². The summed E-state index contributed by atoms with van der Waals surface area (Å²) in [5.41, 5.74) is 0.727. The van der Waals surface area contributed by atoms with Crippen LogP contribution in [0.3, 0.4) is 0 Å². The Bertz CT molecular complexity index is 1200. The first kappa shape index (κ1) is 21.8. The third-order valence-corrected chi connectivity index (χ3v) is 6.51. The Labute approximate surface area is 186 Å². The van der Waals surface area contributed by atoms with Crippen LogP contribution in [0.1, 0.15) is 55.2 Å². The van der Waals surface area contributed by atoms with E-state index in [4.69, 9.17) is 4.74 Å². The van der Waals surface area contributed by atoms with Gasteiger partial charge in [0.25, 0.3) is 5.91 Å². The maximum absolute atomic E-state index is 12.7. The fraction of sp³-hybridized carbons (Fsp3) is 0.417. The van der Waals surface area contributed by atoms with Crippen LogP contribution in [0.5, 0.6) is 5.75 Å². The molecule has 0 radical (unpaired) electrons. The number of nitriles is 1. The fourth-order valence-corrected chi connectivity index (χ4v) is 4.27. The Hall–Kier alpha value is -3.44. The summed E-state index contributed by atoms with van der Waals surface area (Å²) >= 11 is 0. The van der Waals surface area contributed by atoms with E-state index in [1.807, 2.05) is 26.1 Å². The van der Waals surface area contributed by atoms with Gasteiger partial charge >= 0.3 is 0 Å².